The molecular weight excluding hydrogens is 166 g/mol. The average Bonchev–Trinajstić information content (AvgIpc) is 2.05. The summed E-state index contributed by atoms with van der Waals surface area (Å²) in [6.45, 7) is 3.61. The van der Waals surface area contributed by atoms with E-state index >= 15 is 0 Å². The molecule has 0 saturated carbocycles. The second-order valence-corrected chi connectivity index (χ2v) is 5.01. The quantitative estimate of drug-likeness (QED) is 0.548. The highest BCUT2D eigenvalue weighted by Crippen LogP contribution is 2.11. The van der Waals surface area contributed by atoms with E-state index in [-0.39, 0.29) is 23.6 Å². The van der Waals surface area contributed by atoms with E-state index in [1.807, 2.05) is 0 Å². The zero-order valence-electron chi connectivity index (χ0n) is 6.57. The first-order chi connectivity index (χ1) is 4.92. The maximum atomic E-state index is 11.0. The predicted molar refractivity (Wildman–Crippen MR) is 40.6 cm³/mol. The van der Waals surface area contributed by atoms with Crippen molar-refractivity contribution in [1.29, 1.82) is 0 Å². The molecule has 1 rings (SSSR count). The molecule has 0 bridgehead atoms. The van der Waals surface area contributed by atoms with Gasteiger partial charge in [0.2, 0.25) is 5.91 Å². The summed E-state index contributed by atoms with van der Waals surface area (Å²) in [6.07, 6.45) is 0. The minimum absolute atomic E-state index is 0.0141. The molecule has 1 heterocycles. The lowest BCUT2D eigenvalue weighted by molar-refractivity contribution is -0.127. The molecule has 1 fully saturated rings. The number of rotatable bonds is 1. The van der Waals surface area contributed by atoms with Gasteiger partial charge in [-0.3, -0.25) is 4.79 Å². The molecule has 1 saturated heterocycles. The highest BCUT2D eigenvalue weighted by molar-refractivity contribution is 7.92. The highest BCUT2D eigenvalue weighted by atomic mass is 32.2. The van der Waals surface area contributed by atoms with E-state index in [1.165, 1.54) is 4.90 Å². The Morgan fingerprint density at radius 2 is 2.00 bits per heavy atom. The van der Waals surface area contributed by atoms with E-state index in [0.29, 0.717) is 0 Å². The Balaban J connectivity index is 2.83. The normalized spacial score (nSPS) is 23.2. The molecule has 5 heteroatoms. The predicted octanol–water partition coefficient (Wildman–Crippen LogP) is -0.391. The summed E-state index contributed by atoms with van der Waals surface area (Å²) in [5.41, 5.74) is 0. The average molecular weight is 177 g/mol. The Hall–Kier alpha value is -0.580. The van der Waals surface area contributed by atoms with Gasteiger partial charge < -0.3 is 4.90 Å². The van der Waals surface area contributed by atoms with Gasteiger partial charge in [-0.05, 0) is 13.8 Å². The number of hydrogen-bond acceptors (Lipinski definition) is 3. The third-order valence-electron chi connectivity index (χ3n) is 1.62. The lowest BCUT2D eigenvalue weighted by Gasteiger charge is -2.17. The number of carbonyl (C=O) groups excluding carboxylic acids is 1. The summed E-state index contributed by atoms with van der Waals surface area (Å²) in [5, 5.41) is 0. The van der Waals surface area contributed by atoms with Crippen molar-refractivity contribution in [3.05, 3.63) is 0 Å². The van der Waals surface area contributed by atoms with Crippen LogP contribution in [-0.2, 0) is 14.6 Å². The molecule has 1 amide bonds. The molecule has 64 valence electrons. The molecule has 0 aromatic rings. The van der Waals surface area contributed by atoms with Gasteiger partial charge in [-0.2, -0.15) is 0 Å². The van der Waals surface area contributed by atoms with E-state index in [0.717, 1.165) is 0 Å². The second-order valence-electron chi connectivity index (χ2n) is 2.97. The molecule has 1 aliphatic rings. The number of hydrogen-bond donors (Lipinski definition) is 0. The van der Waals surface area contributed by atoms with Crippen molar-refractivity contribution >= 4 is 15.7 Å². The van der Waals surface area contributed by atoms with Crippen molar-refractivity contribution in [2.45, 2.75) is 19.9 Å². The maximum absolute atomic E-state index is 11.0. The third kappa shape index (κ3) is 1.71. The van der Waals surface area contributed by atoms with Crippen LogP contribution in [0.4, 0.5) is 0 Å². The monoisotopic (exact) mass is 177 g/mol. The molecule has 11 heavy (non-hydrogen) atoms. The maximum Gasteiger partial charge on any atom is 0.238 e. The molecule has 0 radical (unpaired) electrons. The molecule has 0 atom stereocenters. The minimum atomic E-state index is -3.11. The Labute approximate surface area is 66.1 Å². The number of amides is 1. The fourth-order valence-corrected chi connectivity index (χ4v) is 2.54. The van der Waals surface area contributed by atoms with Crippen molar-refractivity contribution in [2.75, 3.05) is 11.6 Å². The van der Waals surface area contributed by atoms with Gasteiger partial charge in [-0.25, -0.2) is 8.42 Å². The van der Waals surface area contributed by atoms with Gasteiger partial charge in [0.05, 0.1) is 0 Å². The van der Waals surface area contributed by atoms with Gasteiger partial charge in [-0.15, -0.1) is 0 Å². The molecular formula is C6H11NO3S. The zero-order valence-corrected chi connectivity index (χ0v) is 7.39. The summed E-state index contributed by atoms with van der Waals surface area (Å²) >= 11 is 0. The summed E-state index contributed by atoms with van der Waals surface area (Å²) in [5.74, 6) is -0.700. The third-order valence-corrected chi connectivity index (χ3v) is 2.98. The van der Waals surface area contributed by atoms with Gasteiger partial charge in [0.1, 0.15) is 11.6 Å². The van der Waals surface area contributed by atoms with E-state index < -0.39 is 9.84 Å². The molecule has 0 aromatic carbocycles. The second kappa shape index (κ2) is 2.48. The molecule has 1 aliphatic heterocycles. The van der Waals surface area contributed by atoms with Crippen LogP contribution in [0.5, 0.6) is 0 Å². The number of nitrogens with zero attached hydrogens (tertiary/aromatic N) is 1. The Morgan fingerprint density at radius 3 is 2.18 bits per heavy atom. The van der Waals surface area contributed by atoms with Crippen molar-refractivity contribution in [3.8, 4) is 0 Å². The van der Waals surface area contributed by atoms with Gasteiger partial charge >= 0.3 is 0 Å². The highest BCUT2D eigenvalue weighted by Gasteiger charge is 2.34. The Bertz CT molecular complexity index is 268. The van der Waals surface area contributed by atoms with Gasteiger partial charge in [0, 0.05) is 6.04 Å². The van der Waals surface area contributed by atoms with Crippen molar-refractivity contribution in [2.24, 2.45) is 0 Å². The molecule has 0 unspecified atom stereocenters. The number of carbonyl (C=O) groups is 1. The topological polar surface area (TPSA) is 54.5 Å². The molecule has 0 N–H and O–H groups in total. The first-order valence-corrected chi connectivity index (χ1v) is 5.24. The first-order valence-electron chi connectivity index (χ1n) is 3.42. The summed E-state index contributed by atoms with van der Waals surface area (Å²) in [7, 11) is -3.11. The van der Waals surface area contributed by atoms with E-state index in [1.54, 1.807) is 13.8 Å². The van der Waals surface area contributed by atoms with Crippen LogP contribution in [-0.4, -0.2) is 36.9 Å². The van der Waals surface area contributed by atoms with E-state index in [9.17, 15) is 13.2 Å². The lowest BCUT2D eigenvalue weighted by Crippen LogP contribution is -2.32. The molecule has 0 aromatic heterocycles. The van der Waals surface area contributed by atoms with Gasteiger partial charge in [0.15, 0.2) is 9.84 Å². The van der Waals surface area contributed by atoms with Crippen LogP contribution in [0.15, 0.2) is 0 Å². The van der Waals surface area contributed by atoms with Gasteiger partial charge in [-0.1, -0.05) is 0 Å². The number of sulfone groups is 1. The minimum Gasteiger partial charge on any atom is -0.325 e. The summed E-state index contributed by atoms with van der Waals surface area (Å²) in [4.78, 5) is 12.3. The molecule has 0 spiro atoms. The van der Waals surface area contributed by atoms with Crippen LogP contribution < -0.4 is 0 Å². The van der Waals surface area contributed by atoms with Crippen LogP contribution in [0.3, 0.4) is 0 Å². The van der Waals surface area contributed by atoms with Crippen LogP contribution in [0.2, 0.25) is 0 Å². The zero-order chi connectivity index (χ0) is 8.65. The SMILES string of the molecule is CC(C)N1CS(=O)(=O)CC1=O. The van der Waals surface area contributed by atoms with Crippen LogP contribution >= 0.6 is 0 Å². The molecule has 4 nitrogen and oxygen atoms in total. The summed E-state index contributed by atoms with van der Waals surface area (Å²) < 4.78 is 21.8. The van der Waals surface area contributed by atoms with Crippen LogP contribution in [0.1, 0.15) is 13.8 Å². The molecule has 0 aliphatic carbocycles. The first kappa shape index (κ1) is 8.52. The van der Waals surface area contributed by atoms with E-state index in [2.05, 4.69) is 0 Å². The largest absolute Gasteiger partial charge is 0.325 e. The fourth-order valence-electron chi connectivity index (χ4n) is 1.04. The lowest BCUT2D eigenvalue weighted by atomic mass is 10.3. The van der Waals surface area contributed by atoms with Crippen molar-refractivity contribution in [3.63, 3.8) is 0 Å². The summed E-state index contributed by atoms with van der Waals surface area (Å²) in [6, 6.07) is -0.0141. The Kier molecular flexibility index (Phi) is 1.92. The van der Waals surface area contributed by atoms with Crippen molar-refractivity contribution in [1.82, 2.24) is 4.90 Å². The fraction of sp³-hybridized carbons (Fsp3) is 0.833. The van der Waals surface area contributed by atoms with Crippen LogP contribution in [0.25, 0.3) is 0 Å². The van der Waals surface area contributed by atoms with Gasteiger partial charge in [0.25, 0.3) is 0 Å². The standard InChI is InChI=1S/C6H11NO3S/c1-5(2)7-4-11(9,10)3-6(7)8/h5H,3-4H2,1-2H3. The van der Waals surface area contributed by atoms with Crippen molar-refractivity contribution < 1.29 is 13.2 Å². The van der Waals surface area contributed by atoms with E-state index in [4.69, 9.17) is 0 Å². The smallest absolute Gasteiger partial charge is 0.238 e. The Morgan fingerprint density at radius 1 is 1.45 bits per heavy atom. The van der Waals surface area contributed by atoms with Crippen LogP contribution in [0, 0.1) is 0 Å².